The predicted molar refractivity (Wildman–Crippen MR) is 163 cm³/mol. The highest BCUT2D eigenvalue weighted by atomic mass is 35.5. The first-order valence-electron chi connectivity index (χ1n) is 13.1. The van der Waals surface area contributed by atoms with Crippen LogP contribution in [0.15, 0.2) is 97.2 Å². The molecule has 192 valence electrons. The number of pyridine rings is 1. The van der Waals surface area contributed by atoms with Crippen LogP contribution in [0.3, 0.4) is 0 Å². The molecule has 0 aliphatic heterocycles. The molecule has 7 aromatic rings. The van der Waals surface area contributed by atoms with Gasteiger partial charge in [0.1, 0.15) is 11.6 Å². The van der Waals surface area contributed by atoms with Gasteiger partial charge < -0.3 is 9.30 Å². The molecule has 3 heterocycles. The third-order valence-electron chi connectivity index (χ3n) is 7.70. The summed E-state index contributed by atoms with van der Waals surface area (Å²) in [7, 11) is 1.73. The molecular formula is C34H28ClN3O. The number of hydrogen-bond acceptors (Lipinski definition) is 2. The molecule has 0 N–H and O–H groups in total. The molecule has 0 fully saturated rings. The highest BCUT2D eigenvalue weighted by Gasteiger charge is 2.22. The lowest BCUT2D eigenvalue weighted by atomic mass is 9.88. The SMILES string of the molecule is COc1cc2c(cc1-n1c3ccccc3c3cccc(Cl)c31)c1ccccc1n2-c1cc(C(C)(C)C)ccn1. The van der Waals surface area contributed by atoms with Gasteiger partial charge >= 0.3 is 0 Å². The van der Waals surface area contributed by atoms with Crippen molar-refractivity contribution in [2.45, 2.75) is 26.2 Å². The van der Waals surface area contributed by atoms with Crippen molar-refractivity contribution in [3.8, 4) is 17.3 Å². The Kier molecular flexibility index (Phi) is 5.26. The summed E-state index contributed by atoms with van der Waals surface area (Å²) in [5, 5.41) is 5.26. The Morgan fingerprint density at radius 1 is 0.692 bits per heavy atom. The van der Waals surface area contributed by atoms with Crippen LogP contribution in [-0.2, 0) is 5.41 Å². The summed E-state index contributed by atoms with van der Waals surface area (Å²) in [5.41, 5.74) is 6.40. The summed E-state index contributed by atoms with van der Waals surface area (Å²) in [4.78, 5) is 4.82. The van der Waals surface area contributed by atoms with Crippen LogP contribution in [-0.4, -0.2) is 21.2 Å². The lowest BCUT2D eigenvalue weighted by molar-refractivity contribution is 0.414. The number of hydrogen-bond donors (Lipinski definition) is 0. The molecule has 0 saturated carbocycles. The first kappa shape index (κ1) is 23.8. The van der Waals surface area contributed by atoms with Crippen molar-refractivity contribution in [1.82, 2.24) is 14.1 Å². The molecular weight excluding hydrogens is 502 g/mol. The van der Waals surface area contributed by atoms with Crippen LogP contribution in [0.5, 0.6) is 5.75 Å². The largest absolute Gasteiger partial charge is 0.494 e. The van der Waals surface area contributed by atoms with Crippen LogP contribution in [0.25, 0.3) is 55.1 Å². The highest BCUT2D eigenvalue weighted by molar-refractivity contribution is 6.36. The van der Waals surface area contributed by atoms with Gasteiger partial charge in [-0.15, -0.1) is 0 Å². The molecule has 0 bridgehead atoms. The molecule has 0 unspecified atom stereocenters. The monoisotopic (exact) mass is 529 g/mol. The summed E-state index contributed by atoms with van der Waals surface area (Å²) in [5.74, 6) is 1.66. The Morgan fingerprint density at radius 2 is 1.36 bits per heavy atom. The fourth-order valence-electron chi connectivity index (χ4n) is 5.80. The normalized spacial score (nSPS) is 12.2. The number of rotatable bonds is 3. The zero-order valence-electron chi connectivity index (χ0n) is 22.4. The molecule has 3 aromatic heterocycles. The van der Waals surface area contributed by atoms with Crippen LogP contribution in [0.2, 0.25) is 5.02 Å². The fourth-order valence-corrected chi connectivity index (χ4v) is 6.06. The minimum atomic E-state index is 0.0110. The number of fused-ring (bicyclic) bond motifs is 6. The topological polar surface area (TPSA) is 32.0 Å². The molecule has 39 heavy (non-hydrogen) atoms. The molecule has 0 amide bonds. The number of nitrogens with zero attached hydrogens (tertiary/aromatic N) is 3. The number of methoxy groups -OCH3 is 1. The van der Waals surface area contributed by atoms with E-state index in [4.69, 9.17) is 21.3 Å². The molecule has 4 aromatic carbocycles. The number of halogens is 1. The Labute approximate surface area is 232 Å². The van der Waals surface area contributed by atoms with Crippen LogP contribution < -0.4 is 4.74 Å². The zero-order chi connectivity index (χ0) is 26.9. The van der Waals surface area contributed by atoms with Crippen LogP contribution >= 0.6 is 11.6 Å². The predicted octanol–water partition coefficient (Wildman–Crippen LogP) is 9.24. The van der Waals surface area contributed by atoms with Crippen molar-refractivity contribution in [2.24, 2.45) is 0 Å². The van der Waals surface area contributed by atoms with E-state index in [2.05, 4.69) is 109 Å². The van der Waals surface area contributed by atoms with E-state index in [0.717, 1.165) is 60.9 Å². The van der Waals surface area contributed by atoms with Gasteiger partial charge in [-0.3, -0.25) is 4.57 Å². The molecule has 0 aliphatic carbocycles. The molecule has 0 atom stereocenters. The van der Waals surface area contributed by atoms with E-state index >= 15 is 0 Å². The first-order valence-corrected chi connectivity index (χ1v) is 13.5. The van der Waals surface area contributed by atoms with Crippen molar-refractivity contribution in [3.05, 3.63) is 108 Å². The van der Waals surface area contributed by atoms with E-state index in [0.29, 0.717) is 5.02 Å². The molecule has 0 aliphatic rings. The smallest absolute Gasteiger partial charge is 0.145 e. The maximum atomic E-state index is 6.85. The average Bonchev–Trinajstić information content (AvgIpc) is 3.45. The van der Waals surface area contributed by atoms with Crippen LogP contribution in [0.4, 0.5) is 0 Å². The third-order valence-corrected chi connectivity index (χ3v) is 8.01. The minimum Gasteiger partial charge on any atom is -0.494 e. The maximum absolute atomic E-state index is 6.85. The van der Waals surface area contributed by atoms with Crippen LogP contribution in [0, 0.1) is 0 Å². The van der Waals surface area contributed by atoms with Gasteiger partial charge in [0.05, 0.1) is 39.9 Å². The van der Waals surface area contributed by atoms with Gasteiger partial charge in [-0.25, -0.2) is 4.98 Å². The van der Waals surface area contributed by atoms with Crippen molar-refractivity contribution < 1.29 is 4.74 Å². The van der Waals surface area contributed by atoms with E-state index in [1.54, 1.807) is 7.11 Å². The summed E-state index contributed by atoms with van der Waals surface area (Å²) >= 11 is 6.85. The molecule has 5 heteroatoms. The Balaban J connectivity index is 1.60. The number of aromatic nitrogens is 3. The summed E-state index contributed by atoms with van der Waals surface area (Å²) < 4.78 is 10.6. The van der Waals surface area contributed by atoms with Gasteiger partial charge in [0.25, 0.3) is 0 Å². The van der Waals surface area contributed by atoms with Gasteiger partial charge in [-0.05, 0) is 47.4 Å². The van der Waals surface area contributed by atoms with Gasteiger partial charge in [-0.1, -0.05) is 80.9 Å². The lowest BCUT2D eigenvalue weighted by Gasteiger charge is -2.20. The summed E-state index contributed by atoms with van der Waals surface area (Å²) in [6, 6.07) is 31.7. The second kappa shape index (κ2) is 8.62. The van der Waals surface area contributed by atoms with E-state index < -0.39 is 0 Å². The van der Waals surface area contributed by atoms with E-state index in [9.17, 15) is 0 Å². The van der Waals surface area contributed by atoms with Crippen LogP contribution in [0.1, 0.15) is 26.3 Å². The van der Waals surface area contributed by atoms with Gasteiger partial charge in [-0.2, -0.15) is 0 Å². The number of benzene rings is 4. The maximum Gasteiger partial charge on any atom is 0.145 e. The minimum absolute atomic E-state index is 0.0110. The number of para-hydroxylation sites is 3. The van der Waals surface area contributed by atoms with Crippen molar-refractivity contribution in [2.75, 3.05) is 7.11 Å². The Bertz CT molecular complexity index is 2060. The Hall–Kier alpha value is -4.28. The standard InChI is InChI=1S/C34H28ClN3O/c1-34(2,3)21-16-17-36-32(18-21)37-27-14-7-6-11-23(27)25-19-30(31(39-4)20-29(25)37)38-28-15-8-5-10-22(28)24-12-9-13-26(35)33(24)38/h5-20H,1-4H3. The van der Waals surface area contributed by atoms with Crippen molar-refractivity contribution in [3.63, 3.8) is 0 Å². The van der Waals surface area contributed by atoms with E-state index in [-0.39, 0.29) is 5.41 Å². The molecule has 0 saturated heterocycles. The second-order valence-electron chi connectivity index (χ2n) is 11.0. The summed E-state index contributed by atoms with van der Waals surface area (Å²) in [6.07, 6.45) is 1.90. The number of ether oxygens (including phenoxy) is 1. The zero-order valence-corrected chi connectivity index (χ0v) is 23.1. The van der Waals surface area contributed by atoms with Gasteiger partial charge in [0.2, 0.25) is 0 Å². The average molecular weight is 530 g/mol. The van der Waals surface area contributed by atoms with E-state index in [1.807, 2.05) is 18.3 Å². The second-order valence-corrected chi connectivity index (χ2v) is 11.4. The third kappa shape index (κ3) is 3.55. The molecule has 4 nitrogen and oxygen atoms in total. The first-order chi connectivity index (χ1) is 18.9. The molecule has 0 radical (unpaired) electrons. The molecule has 0 spiro atoms. The lowest BCUT2D eigenvalue weighted by Crippen LogP contribution is -2.12. The van der Waals surface area contributed by atoms with Crippen molar-refractivity contribution >= 4 is 55.2 Å². The molecule has 7 rings (SSSR count). The Morgan fingerprint density at radius 3 is 2.08 bits per heavy atom. The quantitative estimate of drug-likeness (QED) is 0.228. The highest BCUT2D eigenvalue weighted by Crippen LogP contribution is 2.42. The fraction of sp³-hybridized carbons (Fsp3) is 0.147. The van der Waals surface area contributed by atoms with E-state index in [1.165, 1.54) is 5.56 Å². The van der Waals surface area contributed by atoms with Gasteiger partial charge in [0.15, 0.2) is 0 Å². The van der Waals surface area contributed by atoms with Crippen molar-refractivity contribution in [1.29, 1.82) is 0 Å². The van der Waals surface area contributed by atoms with Gasteiger partial charge in [0, 0.05) is 33.8 Å². The summed E-state index contributed by atoms with van der Waals surface area (Å²) in [6.45, 7) is 6.68.